The number of nitrogens with zero attached hydrogens (tertiary/aromatic N) is 3. The van der Waals surface area contributed by atoms with E-state index in [4.69, 9.17) is 4.74 Å². The van der Waals surface area contributed by atoms with Gasteiger partial charge in [-0.2, -0.15) is 0 Å². The summed E-state index contributed by atoms with van der Waals surface area (Å²) in [6.07, 6.45) is 6.66. The predicted molar refractivity (Wildman–Crippen MR) is 124 cm³/mol. The molecular formula is C25H32N4O3. The summed E-state index contributed by atoms with van der Waals surface area (Å²) in [6, 6.07) is 11.5. The quantitative estimate of drug-likeness (QED) is 0.780. The zero-order valence-electron chi connectivity index (χ0n) is 19.0. The van der Waals surface area contributed by atoms with Gasteiger partial charge < -0.3 is 19.9 Å². The molecule has 1 aromatic carbocycles. The second-order valence-electron chi connectivity index (χ2n) is 8.64. The molecule has 1 aromatic heterocycles. The number of benzene rings is 1. The van der Waals surface area contributed by atoms with E-state index in [1.807, 2.05) is 36.4 Å². The molecule has 1 atom stereocenters. The van der Waals surface area contributed by atoms with E-state index < -0.39 is 5.41 Å². The number of amides is 2. The lowest BCUT2D eigenvalue weighted by atomic mass is 9.75. The summed E-state index contributed by atoms with van der Waals surface area (Å²) in [6.45, 7) is 2.90. The molecular weight excluding hydrogens is 404 g/mol. The van der Waals surface area contributed by atoms with E-state index in [9.17, 15) is 9.59 Å². The van der Waals surface area contributed by atoms with Crippen molar-refractivity contribution in [2.24, 2.45) is 0 Å². The number of aromatic nitrogens is 1. The number of methoxy groups -OCH3 is 1. The average molecular weight is 437 g/mol. The van der Waals surface area contributed by atoms with Crippen molar-refractivity contribution in [3.05, 3.63) is 53.9 Å². The van der Waals surface area contributed by atoms with Crippen LogP contribution in [0.15, 0.2) is 42.6 Å². The van der Waals surface area contributed by atoms with E-state index in [0.717, 1.165) is 25.2 Å². The first-order valence-electron chi connectivity index (χ1n) is 11.4. The summed E-state index contributed by atoms with van der Waals surface area (Å²) >= 11 is 0. The highest BCUT2D eigenvalue weighted by molar-refractivity contribution is 5.99. The molecule has 1 N–H and O–H groups in total. The first kappa shape index (κ1) is 22.1. The number of anilines is 1. The number of likely N-dealkylation sites (tertiary alicyclic amines) is 1. The predicted octanol–water partition coefficient (Wildman–Crippen LogP) is 3.00. The molecule has 2 fully saturated rings. The Bertz CT molecular complexity index is 959. The number of carbonyl (C=O) groups is 2. The first-order chi connectivity index (χ1) is 15.6. The summed E-state index contributed by atoms with van der Waals surface area (Å²) in [4.78, 5) is 35.4. The van der Waals surface area contributed by atoms with E-state index in [1.165, 1.54) is 19.3 Å². The van der Waals surface area contributed by atoms with Gasteiger partial charge in [-0.05, 0) is 62.4 Å². The Labute approximate surface area is 189 Å². The van der Waals surface area contributed by atoms with Gasteiger partial charge in [0.25, 0.3) is 5.91 Å². The van der Waals surface area contributed by atoms with Crippen LogP contribution in [0.25, 0.3) is 0 Å². The number of rotatable bonds is 5. The van der Waals surface area contributed by atoms with Crippen molar-refractivity contribution >= 4 is 17.5 Å². The van der Waals surface area contributed by atoms with Crippen LogP contribution in [-0.4, -0.2) is 62.0 Å². The van der Waals surface area contributed by atoms with Crippen LogP contribution in [0, 0.1) is 0 Å². The number of hydrogen-bond donors (Lipinski definition) is 1. The number of nitrogens with one attached hydrogen (secondary N) is 1. The van der Waals surface area contributed by atoms with Gasteiger partial charge in [-0.1, -0.05) is 6.07 Å². The van der Waals surface area contributed by atoms with Gasteiger partial charge in [0.15, 0.2) is 0 Å². The van der Waals surface area contributed by atoms with Crippen molar-refractivity contribution in [3.63, 3.8) is 0 Å². The lowest BCUT2D eigenvalue weighted by molar-refractivity contribution is -0.128. The summed E-state index contributed by atoms with van der Waals surface area (Å²) < 4.78 is 5.55. The van der Waals surface area contributed by atoms with Crippen LogP contribution < -0.4 is 15.0 Å². The highest BCUT2D eigenvalue weighted by Gasteiger charge is 2.46. The minimum absolute atomic E-state index is 0.107. The number of carbonyl (C=O) groups excluding carboxylic acids is 2. The Morgan fingerprint density at radius 3 is 2.56 bits per heavy atom. The minimum atomic E-state index is -0.859. The van der Waals surface area contributed by atoms with Crippen molar-refractivity contribution in [1.82, 2.24) is 15.2 Å². The van der Waals surface area contributed by atoms with E-state index in [1.54, 1.807) is 25.3 Å². The van der Waals surface area contributed by atoms with Crippen LogP contribution in [-0.2, 0) is 10.2 Å². The molecule has 2 aromatic rings. The zero-order valence-corrected chi connectivity index (χ0v) is 19.0. The van der Waals surface area contributed by atoms with Gasteiger partial charge in [0, 0.05) is 45.1 Å². The van der Waals surface area contributed by atoms with Gasteiger partial charge >= 0.3 is 0 Å². The van der Waals surface area contributed by atoms with E-state index in [2.05, 4.69) is 15.2 Å². The van der Waals surface area contributed by atoms with Gasteiger partial charge in [-0.15, -0.1) is 0 Å². The number of hydrogen-bond acceptors (Lipinski definition) is 5. The lowest BCUT2D eigenvalue weighted by Crippen LogP contribution is -2.56. The molecule has 32 heavy (non-hydrogen) atoms. The maximum atomic E-state index is 13.7. The zero-order chi connectivity index (χ0) is 22.6. The third kappa shape index (κ3) is 4.16. The van der Waals surface area contributed by atoms with Gasteiger partial charge in [0.1, 0.15) is 11.2 Å². The molecule has 2 aliphatic rings. The maximum Gasteiger partial charge on any atom is 0.257 e. The van der Waals surface area contributed by atoms with E-state index in [0.29, 0.717) is 36.5 Å². The second kappa shape index (κ2) is 9.59. The topological polar surface area (TPSA) is 74.8 Å². The highest BCUT2D eigenvalue weighted by Crippen LogP contribution is 2.35. The fourth-order valence-electron chi connectivity index (χ4n) is 5.01. The van der Waals surface area contributed by atoms with Crippen molar-refractivity contribution in [3.8, 4) is 5.75 Å². The van der Waals surface area contributed by atoms with Gasteiger partial charge in [-0.25, -0.2) is 0 Å². The van der Waals surface area contributed by atoms with Crippen molar-refractivity contribution < 1.29 is 14.3 Å². The van der Waals surface area contributed by atoms with Crippen LogP contribution in [0.4, 0.5) is 5.69 Å². The fourth-order valence-corrected chi connectivity index (χ4v) is 5.01. The number of piperidine rings is 2. The Balaban J connectivity index is 1.66. The summed E-state index contributed by atoms with van der Waals surface area (Å²) in [5, 5.41) is 2.80. The van der Waals surface area contributed by atoms with Crippen molar-refractivity contribution in [2.75, 3.05) is 45.2 Å². The van der Waals surface area contributed by atoms with Crippen LogP contribution in [0.2, 0.25) is 0 Å². The monoisotopic (exact) mass is 436 g/mol. The molecule has 7 nitrogen and oxygen atoms in total. The Morgan fingerprint density at radius 2 is 1.88 bits per heavy atom. The standard InChI is InChI=1S/C25H32N4O3/c1-26-24(31)25(22-9-4-5-13-27-22)12-8-16-29(18-25)23(30)20-17-19(10-11-21(20)32-2)28-14-6-3-7-15-28/h4-5,9-11,13,17H,3,6-8,12,14-16,18H2,1-2H3,(H,26,31)/t25-/m1/s1. The largest absolute Gasteiger partial charge is 0.496 e. The van der Waals surface area contributed by atoms with Gasteiger partial charge in [0.05, 0.1) is 18.4 Å². The first-order valence-corrected chi connectivity index (χ1v) is 11.4. The molecule has 170 valence electrons. The smallest absolute Gasteiger partial charge is 0.257 e. The summed E-state index contributed by atoms with van der Waals surface area (Å²) in [7, 11) is 3.23. The number of ether oxygens (including phenoxy) is 1. The van der Waals surface area contributed by atoms with E-state index >= 15 is 0 Å². The number of pyridine rings is 1. The summed E-state index contributed by atoms with van der Waals surface area (Å²) in [5.41, 5.74) is 1.44. The Kier molecular flexibility index (Phi) is 6.63. The SMILES string of the molecule is CNC(=O)[C@]1(c2ccccn2)CCCN(C(=O)c2cc(N3CCCCC3)ccc2OC)C1. The molecule has 0 aliphatic carbocycles. The maximum absolute atomic E-state index is 13.7. The molecule has 0 bridgehead atoms. The molecule has 4 rings (SSSR count). The molecule has 2 amide bonds. The third-order valence-corrected chi connectivity index (χ3v) is 6.73. The molecule has 2 saturated heterocycles. The second-order valence-corrected chi connectivity index (χ2v) is 8.64. The van der Waals surface area contributed by atoms with Crippen LogP contribution in [0.1, 0.15) is 48.2 Å². The molecule has 3 heterocycles. The van der Waals surface area contributed by atoms with Crippen molar-refractivity contribution in [2.45, 2.75) is 37.5 Å². The van der Waals surface area contributed by atoms with Crippen LogP contribution in [0.3, 0.4) is 0 Å². The molecule has 0 radical (unpaired) electrons. The van der Waals surface area contributed by atoms with Crippen LogP contribution >= 0.6 is 0 Å². The average Bonchev–Trinajstić information content (AvgIpc) is 2.88. The van der Waals surface area contributed by atoms with Gasteiger partial charge in [-0.3, -0.25) is 14.6 Å². The Morgan fingerprint density at radius 1 is 1.06 bits per heavy atom. The van der Waals surface area contributed by atoms with E-state index in [-0.39, 0.29) is 11.8 Å². The van der Waals surface area contributed by atoms with Crippen molar-refractivity contribution in [1.29, 1.82) is 0 Å². The van der Waals surface area contributed by atoms with Crippen LogP contribution in [0.5, 0.6) is 5.75 Å². The highest BCUT2D eigenvalue weighted by atomic mass is 16.5. The molecule has 0 saturated carbocycles. The Hall–Kier alpha value is -3.09. The minimum Gasteiger partial charge on any atom is -0.496 e. The normalized spacial score (nSPS) is 21.2. The number of likely N-dealkylation sites (N-methyl/N-ethyl adjacent to an activating group) is 1. The summed E-state index contributed by atoms with van der Waals surface area (Å²) in [5.74, 6) is 0.345. The molecule has 0 unspecified atom stereocenters. The molecule has 0 spiro atoms. The third-order valence-electron chi connectivity index (χ3n) is 6.73. The fraction of sp³-hybridized carbons (Fsp3) is 0.480. The molecule has 2 aliphatic heterocycles. The molecule has 7 heteroatoms. The lowest BCUT2D eigenvalue weighted by Gasteiger charge is -2.41. The van der Waals surface area contributed by atoms with Gasteiger partial charge in [0.2, 0.25) is 5.91 Å².